The number of hydrogen-bond donors (Lipinski definition) is 2. The maximum absolute atomic E-state index is 11.3. The first-order valence-electron chi connectivity index (χ1n) is 3.85. The highest BCUT2D eigenvalue weighted by Crippen LogP contribution is 2.21. The number of hydrogen-bond acceptors (Lipinski definition) is 5. The highest BCUT2D eigenvalue weighted by Gasteiger charge is 2.14. The summed E-state index contributed by atoms with van der Waals surface area (Å²) in [7, 11) is -2.37. The second-order valence-corrected chi connectivity index (χ2v) is 4.31. The van der Waals surface area contributed by atoms with Gasteiger partial charge in [0.15, 0.2) is 0 Å². The van der Waals surface area contributed by atoms with Gasteiger partial charge in [0.1, 0.15) is 11.8 Å². The maximum Gasteiger partial charge on any atom is 0.253 e. The van der Waals surface area contributed by atoms with Crippen LogP contribution in [-0.4, -0.2) is 15.5 Å². The zero-order valence-electron chi connectivity index (χ0n) is 7.89. The minimum absolute atomic E-state index is 0.0548. The van der Waals surface area contributed by atoms with Crippen LogP contribution in [0.3, 0.4) is 0 Å². The third-order valence-electron chi connectivity index (χ3n) is 1.76. The molecule has 1 aromatic rings. The average Bonchev–Trinajstić information content (AvgIpc) is 2.28. The lowest BCUT2D eigenvalue weighted by Gasteiger charge is -2.06. The number of ether oxygens (including phenoxy) is 1. The predicted molar refractivity (Wildman–Crippen MR) is 52.2 cm³/mol. The van der Waals surface area contributed by atoms with E-state index in [2.05, 4.69) is 0 Å². The Labute approximate surface area is 87.3 Å². The number of hydrazine groups is 1. The van der Waals surface area contributed by atoms with Crippen LogP contribution in [0.15, 0.2) is 23.1 Å². The summed E-state index contributed by atoms with van der Waals surface area (Å²) >= 11 is 0. The highest BCUT2D eigenvalue weighted by molar-refractivity contribution is 7.89. The molecule has 0 saturated heterocycles. The van der Waals surface area contributed by atoms with Gasteiger partial charge in [-0.05, 0) is 12.1 Å². The third-order valence-corrected chi connectivity index (χ3v) is 2.94. The summed E-state index contributed by atoms with van der Waals surface area (Å²) in [5, 5.41) is 8.68. The van der Waals surface area contributed by atoms with Crippen molar-refractivity contribution in [1.29, 1.82) is 5.26 Å². The highest BCUT2D eigenvalue weighted by atomic mass is 32.2. The third kappa shape index (κ3) is 2.24. The minimum atomic E-state index is -3.72. The second-order valence-electron chi connectivity index (χ2n) is 2.60. The molecule has 1 rings (SSSR count). The van der Waals surface area contributed by atoms with Crippen molar-refractivity contribution >= 4 is 10.0 Å². The molecule has 0 aromatic heterocycles. The van der Waals surface area contributed by atoms with Crippen LogP contribution < -0.4 is 15.4 Å². The van der Waals surface area contributed by atoms with Crippen molar-refractivity contribution in [2.45, 2.75) is 4.90 Å². The van der Waals surface area contributed by atoms with Crippen molar-refractivity contribution in [2.75, 3.05) is 7.11 Å². The molecular weight excluding hydrogens is 218 g/mol. The molecule has 3 N–H and O–H groups in total. The standard InChI is InChI=1S/C8H9N3O3S/c1-14-8-4-7(15(12,13)11-10)3-2-6(8)5-9/h2-4,11H,10H2,1H3. The first-order valence-corrected chi connectivity index (χ1v) is 5.34. The van der Waals surface area contributed by atoms with Crippen LogP contribution in [0.2, 0.25) is 0 Å². The van der Waals surface area contributed by atoms with Gasteiger partial charge in [0.25, 0.3) is 10.0 Å². The van der Waals surface area contributed by atoms with Gasteiger partial charge in [0.2, 0.25) is 0 Å². The quantitative estimate of drug-likeness (QED) is 0.545. The SMILES string of the molecule is COc1cc(S(=O)(=O)NN)ccc1C#N. The van der Waals surface area contributed by atoms with Gasteiger partial charge in [0.05, 0.1) is 17.6 Å². The molecule has 15 heavy (non-hydrogen) atoms. The van der Waals surface area contributed by atoms with Gasteiger partial charge in [-0.25, -0.2) is 8.42 Å². The zero-order chi connectivity index (χ0) is 11.5. The molecule has 0 fully saturated rings. The summed E-state index contributed by atoms with van der Waals surface area (Å²) in [6, 6.07) is 5.73. The van der Waals surface area contributed by atoms with E-state index < -0.39 is 10.0 Å². The molecule has 0 heterocycles. The Morgan fingerprint density at radius 3 is 2.67 bits per heavy atom. The molecule has 0 unspecified atom stereocenters. The van der Waals surface area contributed by atoms with E-state index in [9.17, 15) is 8.42 Å². The van der Waals surface area contributed by atoms with Gasteiger partial charge in [0, 0.05) is 6.07 Å². The van der Waals surface area contributed by atoms with Crippen molar-refractivity contribution < 1.29 is 13.2 Å². The van der Waals surface area contributed by atoms with Crippen LogP contribution in [0.5, 0.6) is 5.75 Å². The molecule has 0 aliphatic heterocycles. The van der Waals surface area contributed by atoms with E-state index in [1.54, 1.807) is 4.83 Å². The lowest BCUT2D eigenvalue weighted by Crippen LogP contribution is -2.30. The van der Waals surface area contributed by atoms with Crippen molar-refractivity contribution in [2.24, 2.45) is 5.84 Å². The molecule has 80 valence electrons. The van der Waals surface area contributed by atoms with E-state index in [1.807, 2.05) is 6.07 Å². The van der Waals surface area contributed by atoms with Crippen molar-refractivity contribution in [3.8, 4) is 11.8 Å². The summed E-state index contributed by atoms with van der Waals surface area (Å²) in [6.07, 6.45) is 0. The predicted octanol–water partition coefficient (Wildman–Crippen LogP) is -0.281. The fraction of sp³-hybridized carbons (Fsp3) is 0.125. The van der Waals surface area contributed by atoms with E-state index in [0.29, 0.717) is 0 Å². The Morgan fingerprint density at radius 2 is 2.20 bits per heavy atom. The Bertz CT molecular complexity index is 504. The fourth-order valence-corrected chi connectivity index (χ4v) is 1.64. The minimum Gasteiger partial charge on any atom is -0.495 e. The molecule has 0 saturated carbocycles. The van der Waals surface area contributed by atoms with Crippen molar-refractivity contribution in [3.05, 3.63) is 23.8 Å². The van der Waals surface area contributed by atoms with Gasteiger partial charge in [-0.15, -0.1) is 0 Å². The lowest BCUT2D eigenvalue weighted by molar-refractivity contribution is 0.412. The first-order chi connectivity index (χ1) is 7.05. The normalized spacial score (nSPS) is 10.7. The number of methoxy groups -OCH3 is 1. The fourth-order valence-electron chi connectivity index (χ4n) is 0.999. The number of nitrogens with two attached hydrogens (primary N) is 1. The van der Waals surface area contributed by atoms with E-state index in [0.717, 1.165) is 0 Å². The number of nitriles is 1. The largest absolute Gasteiger partial charge is 0.495 e. The van der Waals surface area contributed by atoms with Crippen molar-refractivity contribution in [1.82, 2.24) is 4.83 Å². The van der Waals surface area contributed by atoms with Crippen LogP contribution in [-0.2, 0) is 10.0 Å². The van der Waals surface area contributed by atoms with E-state index >= 15 is 0 Å². The summed E-state index contributed by atoms with van der Waals surface area (Å²) < 4.78 is 27.4. The Kier molecular flexibility index (Phi) is 3.26. The smallest absolute Gasteiger partial charge is 0.253 e. The van der Waals surface area contributed by atoms with E-state index in [4.69, 9.17) is 15.8 Å². The average molecular weight is 227 g/mol. The number of sulfonamides is 1. The van der Waals surface area contributed by atoms with Crippen LogP contribution in [0.4, 0.5) is 0 Å². The van der Waals surface area contributed by atoms with Crippen LogP contribution in [0.25, 0.3) is 0 Å². The molecule has 0 atom stereocenters. The molecule has 0 aliphatic rings. The molecule has 0 spiro atoms. The van der Waals surface area contributed by atoms with Crippen LogP contribution >= 0.6 is 0 Å². The van der Waals surface area contributed by atoms with Gasteiger partial charge < -0.3 is 4.74 Å². The maximum atomic E-state index is 11.3. The summed E-state index contributed by atoms with van der Waals surface area (Å²) in [5.41, 5.74) is 0.258. The number of nitrogens with zero attached hydrogens (tertiary/aromatic N) is 1. The Balaban J connectivity index is 3.34. The number of benzene rings is 1. The van der Waals surface area contributed by atoms with Gasteiger partial charge in [-0.1, -0.05) is 0 Å². The molecular formula is C8H9N3O3S. The molecule has 1 aromatic carbocycles. The summed E-state index contributed by atoms with van der Waals surface area (Å²) in [6.45, 7) is 0. The molecule has 0 aliphatic carbocycles. The lowest BCUT2D eigenvalue weighted by atomic mass is 10.2. The van der Waals surface area contributed by atoms with Gasteiger partial charge in [-0.3, -0.25) is 5.84 Å². The Hall–Kier alpha value is -1.62. The number of nitrogens with one attached hydrogen (secondary N) is 1. The number of rotatable bonds is 3. The molecule has 0 radical (unpaired) electrons. The Morgan fingerprint density at radius 1 is 1.53 bits per heavy atom. The van der Waals surface area contributed by atoms with Crippen LogP contribution in [0.1, 0.15) is 5.56 Å². The topological polar surface area (TPSA) is 105 Å². The molecule has 0 bridgehead atoms. The molecule has 6 nitrogen and oxygen atoms in total. The summed E-state index contributed by atoms with van der Waals surface area (Å²) in [5.74, 6) is 5.05. The van der Waals surface area contributed by atoms with Crippen LogP contribution in [0, 0.1) is 11.3 Å². The molecule has 7 heteroatoms. The van der Waals surface area contributed by atoms with Crippen molar-refractivity contribution in [3.63, 3.8) is 0 Å². The first kappa shape index (κ1) is 11.5. The van der Waals surface area contributed by atoms with E-state index in [1.165, 1.54) is 25.3 Å². The summed E-state index contributed by atoms with van der Waals surface area (Å²) in [4.78, 5) is 1.63. The monoisotopic (exact) mass is 227 g/mol. The second kappa shape index (κ2) is 4.27. The van der Waals surface area contributed by atoms with E-state index in [-0.39, 0.29) is 16.2 Å². The molecule has 0 amide bonds. The zero-order valence-corrected chi connectivity index (χ0v) is 8.71. The van der Waals surface area contributed by atoms with Gasteiger partial charge in [-0.2, -0.15) is 10.1 Å². The van der Waals surface area contributed by atoms with Gasteiger partial charge >= 0.3 is 0 Å².